The number of carbonyl (C=O) groups is 3. The maximum atomic E-state index is 13.3. The van der Waals surface area contributed by atoms with E-state index in [0.29, 0.717) is 30.0 Å². The largest absolute Gasteiger partial charge is 0.415 e. The summed E-state index contributed by atoms with van der Waals surface area (Å²) in [6.07, 6.45) is 7.21. The van der Waals surface area contributed by atoms with E-state index in [0.717, 1.165) is 31.6 Å². The molecule has 1 saturated carbocycles. The van der Waals surface area contributed by atoms with Crippen molar-refractivity contribution in [2.45, 2.75) is 82.4 Å². The van der Waals surface area contributed by atoms with Crippen molar-refractivity contribution in [3.05, 3.63) is 41.8 Å². The minimum atomic E-state index is -0.707. The highest BCUT2D eigenvalue weighted by Crippen LogP contribution is 2.28. The number of aromatic nitrogens is 2. The number of rotatable bonds is 12. The molecular formula is C29H41N5O4S. The number of hydrogen-bond donors (Lipinski definition) is 2. The highest BCUT2D eigenvalue weighted by molar-refractivity contribution is 7.99. The molecule has 1 saturated heterocycles. The molecule has 0 bridgehead atoms. The Hall–Kier alpha value is -2.72. The van der Waals surface area contributed by atoms with Crippen LogP contribution in [0.15, 0.2) is 40.0 Å². The van der Waals surface area contributed by atoms with Crippen LogP contribution in [0.2, 0.25) is 0 Å². The molecule has 39 heavy (non-hydrogen) atoms. The van der Waals surface area contributed by atoms with E-state index >= 15 is 0 Å². The van der Waals surface area contributed by atoms with E-state index in [2.05, 4.69) is 25.7 Å². The molecule has 3 atom stereocenters. The normalized spacial score (nSPS) is 20.6. The third-order valence-corrected chi connectivity index (χ3v) is 8.39. The van der Waals surface area contributed by atoms with Crippen molar-refractivity contribution >= 4 is 29.5 Å². The summed E-state index contributed by atoms with van der Waals surface area (Å²) in [6.45, 7) is 7.47. The van der Waals surface area contributed by atoms with Crippen LogP contribution in [-0.4, -0.2) is 64.2 Å². The summed E-state index contributed by atoms with van der Waals surface area (Å²) in [5.74, 6) is -0.874. The van der Waals surface area contributed by atoms with Crippen molar-refractivity contribution < 1.29 is 18.8 Å². The van der Waals surface area contributed by atoms with E-state index in [9.17, 15) is 14.4 Å². The molecule has 2 aromatic rings. The summed E-state index contributed by atoms with van der Waals surface area (Å²) in [5.41, 5.74) is 0.552. The first kappa shape index (κ1) is 29.3. The van der Waals surface area contributed by atoms with Crippen LogP contribution in [0.1, 0.15) is 87.4 Å². The zero-order valence-corrected chi connectivity index (χ0v) is 23.9. The summed E-state index contributed by atoms with van der Waals surface area (Å²) >= 11 is 1.51. The molecule has 9 nitrogen and oxygen atoms in total. The predicted molar refractivity (Wildman–Crippen MR) is 150 cm³/mol. The monoisotopic (exact) mass is 555 g/mol. The molecule has 2 N–H and O–H groups in total. The predicted octanol–water partition coefficient (Wildman–Crippen LogP) is 4.41. The first-order chi connectivity index (χ1) is 18.9. The minimum Gasteiger partial charge on any atom is -0.415 e. The van der Waals surface area contributed by atoms with Crippen LogP contribution >= 0.6 is 11.8 Å². The van der Waals surface area contributed by atoms with Crippen LogP contribution in [-0.2, 0) is 9.59 Å². The SMILES string of the molecule is CC(C)CC(C(=O)NC(=O)[C@@H]1CCCC[C@@H]1NC(=O)c1ccccc1)c1nnc(SCCCN2CCCC2)o1. The summed E-state index contributed by atoms with van der Waals surface area (Å²) in [5, 5.41) is 14.4. The van der Waals surface area contributed by atoms with Crippen LogP contribution in [0.25, 0.3) is 0 Å². The second-order valence-electron chi connectivity index (χ2n) is 11.0. The molecule has 1 aliphatic heterocycles. The molecule has 212 valence electrons. The topological polar surface area (TPSA) is 117 Å². The lowest BCUT2D eigenvalue weighted by Gasteiger charge is -2.31. The average molecular weight is 556 g/mol. The molecule has 4 rings (SSSR count). The lowest BCUT2D eigenvalue weighted by molar-refractivity contribution is -0.135. The summed E-state index contributed by atoms with van der Waals surface area (Å²) in [4.78, 5) is 41.8. The summed E-state index contributed by atoms with van der Waals surface area (Å²) < 4.78 is 5.89. The molecule has 10 heteroatoms. The van der Waals surface area contributed by atoms with Gasteiger partial charge in [-0.1, -0.05) is 56.7 Å². The molecule has 1 aromatic carbocycles. The van der Waals surface area contributed by atoms with Gasteiger partial charge in [-0.15, -0.1) is 10.2 Å². The fraction of sp³-hybridized carbons (Fsp3) is 0.621. The maximum absolute atomic E-state index is 13.3. The average Bonchev–Trinajstić information content (AvgIpc) is 3.63. The van der Waals surface area contributed by atoms with Gasteiger partial charge in [-0.3, -0.25) is 19.7 Å². The van der Waals surface area contributed by atoms with Gasteiger partial charge in [0.25, 0.3) is 11.1 Å². The van der Waals surface area contributed by atoms with Gasteiger partial charge in [0.05, 0.1) is 5.92 Å². The Morgan fingerprint density at radius 1 is 1.05 bits per heavy atom. The zero-order valence-electron chi connectivity index (χ0n) is 23.1. The molecule has 0 spiro atoms. The molecule has 1 aromatic heterocycles. The van der Waals surface area contributed by atoms with Gasteiger partial charge in [0.1, 0.15) is 5.92 Å². The fourth-order valence-corrected chi connectivity index (χ4v) is 6.12. The standard InChI is InChI=1S/C29H41N5O4S/c1-20(2)19-23(28-32-33-29(38-28)39-18-10-17-34-15-8-9-16-34)27(37)31-26(36)22-13-6-7-14-24(22)30-25(35)21-11-4-3-5-12-21/h3-5,11-12,20,22-24H,6-10,13-19H2,1-2H3,(H,30,35)(H,31,36,37)/t22-,23?,24+/m1/s1. The second-order valence-corrected chi connectivity index (χ2v) is 12.1. The number of nitrogens with one attached hydrogen (secondary N) is 2. The maximum Gasteiger partial charge on any atom is 0.276 e. The number of thioether (sulfide) groups is 1. The number of imide groups is 1. The van der Waals surface area contributed by atoms with Gasteiger partial charge in [0.15, 0.2) is 0 Å². The second kappa shape index (κ2) is 14.6. The van der Waals surface area contributed by atoms with E-state index < -0.39 is 17.7 Å². The fourth-order valence-electron chi connectivity index (χ4n) is 5.42. The van der Waals surface area contributed by atoms with Gasteiger partial charge in [-0.05, 0) is 76.2 Å². The van der Waals surface area contributed by atoms with Gasteiger partial charge >= 0.3 is 0 Å². The van der Waals surface area contributed by atoms with Gasteiger partial charge in [-0.2, -0.15) is 0 Å². The van der Waals surface area contributed by atoms with E-state index in [-0.39, 0.29) is 29.7 Å². The molecule has 2 aliphatic rings. The lowest BCUT2D eigenvalue weighted by Crippen LogP contribution is -2.50. The number of amides is 3. The molecular weight excluding hydrogens is 514 g/mol. The number of carbonyl (C=O) groups excluding carboxylic acids is 3. The highest BCUT2D eigenvalue weighted by Gasteiger charge is 2.35. The molecule has 2 fully saturated rings. The first-order valence-electron chi connectivity index (χ1n) is 14.3. The van der Waals surface area contributed by atoms with Crippen molar-refractivity contribution in [1.82, 2.24) is 25.7 Å². The van der Waals surface area contributed by atoms with Crippen molar-refractivity contribution in [2.24, 2.45) is 11.8 Å². The molecule has 1 unspecified atom stereocenters. The Balaban J connectivity index is 1.34. The van der Waals surface area contributed by atoms with Crippen molar-refractivity contribution in [3.8, 4) is 0 Å². The Bertz CT molecular complexity index is 1090. The zero-order chi connectivity index (χ0) is 27.6. The Labute approximate surface area is 235 Å². The third-order valence-electron chi connectivity index (χ3n) is 7.49. The lowest BCUT2D eigenvalue weighted by atomic mass is 9.83. The Morgan fingerprint density at radius 3 is 2.54 bits per heavy atom. The van der Waals surface area contributed by atoms with Crippen molar-refractivity contribution in [3.63, 3.8) is 0 Å². The summed E-state index contributed by atoms with van der Waals surface area (Å²) in [6, 6.07) is 8.64. The van der Waals surface area contributed by atoms with Crippen LogP contribution in [0.4, 0.5) is 0 Å². The van der Waals surface area contributed by atoms with Gasteiger partial charge in [0, 0.05) is 17.4 Å². The van der Waals surface area contributed by atoms with E-state index in [1.807, 2.05) is 32.0 Å². The van der Waals surface area contributed by atoms with Crippen LogP contribution < -0.4 is 10.6 Å². The van der Waals surface area contributed by atoms with Crippen LogP contribution in [0.3, 0.4) is 0 Å². The molecule has 2 heterocycles. The Morgan fingerprint density at radius 2 is 1.79 bits per heavy atom. The van der Waals surface area contributed by atoms with Gasteiger partial charge in [0.2, 0.25) is 17.7 Å². The number of likely N-dealkylation sites (tertiary alicyclic amines) is 1. The highest BCUT2D eigenvalue weighted by atomic mass is 32.2. The van der Waals surface area contributed by atoms with E-state index in [1.54, 1.807) is 12.1 Å². The molecule has 3 amide bonds. The van der Waals surface area contributed by atoms with Gasteiger partial charge in [-0.25, -0.2) is 0 Å². The Kier molecular flexibility index (Phi) is 11.0. The number of nitrogens with zero attached hydrogens (tertiary/aromatic N) is 3. The minimum absolute atomic E-state index is 0.187. The first-order valence-corrected chi connectivity index (χ1v) is 15.3. The molecule has 0 radical (unpaired) electrons. The van der Waals surface area contributed by atoms with Gasteiger partial charge < -0.3 is 14.6 Å². The van der Waals surface area contributed by atoms with E-state index in [1.165, 1.54) is 37.7 Å². The number of benzene rings is 1. The van der Waals surface area contributed by atoms with Crippen LogP contribution in [0, 0.1) is 11.8 Å². The van der Waals surface area contributed by atoms with Crippen molar-refractivity contribution in [2.75, 3.05) is 25.4 Å². The quantitative estimate of drug-likeness (QED) is 0.292. The smallest absolute Gasteiger partial charge is 0.276 e. The van der Waals surface area contributed by atoms with E-state index in [4.69, 9.17) is 4.42 Å². The van der Waals surface area contributed by atoms with Crippen molar-refractivity contribution in [1.29, 1.82) is 0 Å². The third kappa shape index (κ3) is 8.63. The molecule has 1 aliphatic carbocycles. The number of hydrogen-bond acceptors (Lipinski definition) is 8. The van der Waals surface area contributed by atoms with Crippen LogP contribution in [0.5, 0.6) is 0 Å². The summed E-state index contributed by atoms with van der Waals surface area (Å²) in [7, 11) is 0.